The molecule has 2 rings (SSSR count). The zero-order valence-corrected chi connectivity index (χ0v) is 15.0. The number of allylic oxidation sites excluding steroid dienone is 2. The van der Waals surface area contributed by atoms with Crippen molar-refractivity contribution in [2.45, 2.75) is 59.0 Å². The Morgan fingerprint density at radius 2 is 1.67 bits per heavy atom. The Kier molecular flexibility index (Phi) is 6.92. The van der Waals surface area contributed by atoms with Gasteiger partial charge < -0.3 is 4.74 Å². The molecule has 1 aromatic rings. The van der Waals surface area contributed by atoms with Crippen LogP contribution in [-0.2, 0) is 4.74 Å². The molecule has 0 aliphatic heterocycles. The van der Waals surface area contributed by atoms with Gasteiger partial charge in [-0.15, -0.1) is 0 Å². The van der Waals surface area contributed by atoms with Gasteiger partial charge in [-0.1, -0.05) is 46.1 Å². The van der Waals surface area contributed by atoms with E-state index in [4.69, 9.17) is 4.74 Å². The largest absolute Gasteiger partial charge is 0.374 e. The van der Waals surface area contributed by atoms with E-state index in [-0.39, 0.29) is 17.7 Å². The average molecular weight is 328 g/mol. The summed E-state index contributed by atoms with van der Waals surface area (Å²) in [6, 6.07) is 5.56. The molecule has 0 amide bonds. The Bertz CT molecular complexity index is 614. The molecule has 1 unspecified atom stereocenters. The van der Waals surface area contributed by atoms with Gasteiger partial charge in [-0.2, -0.15) is 0 Å². The number of ether oxygens (including phenoxy) is 1. The van der Waals surface area contributed by atoms with Gasteiger partial charge in [-0.3, -0.25) is 9.59 Å². The minimum absolute atomic E-state index is 0.00518. The summed E-state index contributed by atoms with van der Waals surface area (Å²) in [5, 5.41) is 0. The summed E-state index contributed by atoms with van der Waals surface area (Å²) in [5.41, 5.74) is 2.01. The Morgan fingerprint density at radius 1 is 0.958 bits per heavy atom. The summed E-state index contributed by atoms with van der Waals surface area (Å²) < 4.78 is 6.12. The van der Waals surface area contributed by atoms with Crippen molar-refractivity contribution in [3.63, 3.8) is 0 Å². The monoisotopic (exact) mass is 328 g/mol. The molecule has 3 heteroatoms. The number of ketones is 2. The fourth-order valence-corrected chi connectivity index (χ4v) is 2.88. The third-order valence-electron chi connectivity index (χ3n) is 4.42. The van der Waals surface area contributed by atoms with E-state index in [1.54, 1.807) is 6.07 Å². The molecule has 130 valence electrons. The minimum Gasteiger partial charge on any atom is -0.374 e. The van der Waals surface area contributed by atoms with Crippen molar-refractivity contribution in [2.24, 2.45) is 5.92 Å². The molecule has 0 saturated carbocycles. The van der Waals surface area contributed by atoms with Gasteiger partial charge in [0, 0.05) is 17.7 Å². The van der Waals surface area contributed by atoms with Gasteiger partial charge in [0.2, 0.25) is 0 Å². The van der Waals surface area contributed by atoms with E-state index < -0.39 is 0 Å². The normalized spacial score (nSPS) is 15.0. The quantitative estimate of drug-likeness (QED) is 0.577. The number of rotatable bonds is 9. The average Bonchev–Trinajstić information content (AvgIpc) is 2.56. The fraction of sp³-hybridized carbons (Fsp3) is 0.524. The molecule has 0 N–H and O–H groups in total. The Labute approximate surface area is 145 Å². The summed E-state index contributed by atoms with van der Waals surface area (Å²) in [6.45, 7) is 7.28. The molecule has 3 nitrogen and oxygen atoms in total. The molecule has 0 aromatic heterocycles. The number of hydrogen-bond donors (Lipinski definition) is 0. The van der Waals surface area contributed by atoms with Crippen LogP contribution in [-0.4, -0.2) is 18.2 Å². The molecule has 0 heterocycles. The molecular weight excluding hydrogens is 300 g/mol. The molecule has 1 atom stereocenters. The third kappa shape index (κ3) is 4.88. The van der Waals surface area contributed by atoms with E-state index in [0.29, 0.717) is 17.0 Å². The van der Waals surface area contributed by atoms with Crippen LogP contribution in [0.2, 0.25) is 0 Å². The van der Waals surface area contributed by atoms with Gasteiger partial charge >= 0.3 is 0 Å². The maximum atomic E-state index is 12.1. The molecule has 0 saturated heterocycles. The maximum absolute atomic E-state index is 12.1. The van der Waals surface area contributed by atoms with Gasteiger partial charge in [0.25, 0.3) is 0 Å². The zero-order valence-electron chi connectivity index (χ0n) is 15.0. The topological polar surface area (TPSA) is 43.4 Å². The lowest BCUT2D eigenvalue weighted by Crippen LogP contribution is -2.14. The first-order chi connectivity index (χ1) is 11.5. The second-order valence-electron chi connectivity index (χ2n) is 6.90. The predicted molar refractivity (Wildman–Crippen MR) is 96.5 cm³/mol. The molecule has 1 aliphatic carbocycles. The Hall–Kier alpha value is -1.74. The predicted octanol–water partition coefficient (Wildman–Crippen LogP) is 5.31. The number of carbonyl (C=O) groups is 2. The standard InChI is InChI=1S/C21H28O3/c1-4-5-6-7-21(24-13-12-15(2)3)16-8-9-17-18(14-16)20(23)11-10-19(17)22/h8-11,14-15,21H,4-7,12-13H2,1-3H3. The Balaban J connectivity index is 2.17. The summed E-state index contributed by atoms with van der Waals surface area (Å²) in [6.07, 6.45) is 8.12. The second-order valence-corrected chi connectivity index (χ2v) is 6.90. The molecule has 1 aliphatic rings. The number of carbonyl (C=O) groups excluding carboxylic acids is 2. The van der Waals surface area contributed by atoms with E-state index in [9.17, 15) is 9.59 Å². The van der Waals surface area contributed by atoms with Gasteiger partial charge in [0.15, 0.2) is 11.6 Å². The summed E-state index contributed by atoms with van der Waals surface area (Å²) >= 11 is 0. The van der Waals surface area contributed by atoms with Crippen LogP contribution in [0.15, 0.2) is 30.4 Å². The van der Waals surface area contributed by atoms with Crippen molar-refractivity contribution in [1.82, 2.24) is 0 Å². The fourth-order valence-electron chi connectivity index (χ4n) is 2.88. The van der Waals surface area contributed by atoms with Crippen LogP contribution >= 0.6 is 0 Å². The molecule has 0 bridgehead atoms. The van der Waals surface area contributed by atoms with Gasteiger partial charge in [-0.25, -0.2) is 0 Å². The van der Waals surface area contributed by atoms with E-state index >= 15 is 0 Å². The van der Waals surface area contributed by atoms with Crippen LogP contribution in [0.25, 0.3) is 0 Å². The number of benzene rings is 1. The summed E-state index contributed by atoms with van der Waals surface area (Å²) in [4.78, 5) is 24.0. The lowest BCUT2D eigenvalue weighted by atomic mass is 9.91. The van der Waals surface area contributed by atoms with E-state index in [1.165, 1.54) is 25.0 Å². The lowest BCUT2D eigenvalue weighted by Gasteiger charge is -2.21. The molecular formula is C21H28O3. The van der Waals surface area contributed by atoms with Crippen molar-refractivity contribution in [3.8, 4) is 0 Å². The van der Waals surface area contributed by atoms with Crippen LogP contribution < -0.4 is 0 Å². The van der Waals surface area contributed by atoms with E-state index in [2.05, 4.69) is 20.8 Å². The van der Waals surface area contributed by atoms with E-state index in [0.717, 1.165) is 31.4 Å². The highest BCUT2D eigenvalue weighted by Gasteiger charge is 2.21. The first-order valence-electron chi connectivity index (χ1n) is 9.05. The van der Waals surface area contributed by atoms with Crippen molar-refractivity contribution in [3.05, 3.63) is 47.0 Å². The van der Waals surface area contributed by atoms with Crippen LogP contribution in [0, 0.1) is 5.92 Å². The van der Waals surface area contributed by atoms with Crippen LogP contribution in [0.5, 0.6) is 0 Å². The Morgan fingerprint density at radius 3 is 2.33 bits per heavy atom. The highest BCUT2D eigenvalue weighted by molar-refractivity contribution is 6.22. The number of fused-ring (bicyclic) bond motifs is 1. The van der Waals surface area contributed by atoms with Crippen molar-refractivity contribution < 1.29 is 14.3 Å². The first-order valence-corrected chi connectivity index (χ1v) is 9.05. The van der Waals surface area contributed by atoms with Gasteiger partial charge in [-0.05, 0) is 48.6 Å². The lowest BCUT2D eigenvalue weighted by molar-refractivity contribution is 0.0383. The number of unbranched alkanes of at least 4 members (excludes halogenated alkanes) is 2. The molecule has 0 radical (unpaired) electrons. The number of hydrogen-bond acceptors (Lipinski definition) is 3. The molecule has 24 heavy (non-hydrogen) atoms. The van der Waals surface area contributed by atoms with Gasteiger partial charge in [0.05, 0.1) is 6.10 Å². The van der Waals surface area contributed by atoms with Crippen molar-refractivity contribution >= 4 is 11.6 Å². The third-order valence-corrected chi connectivity index (χ3v) is 4.42. The molecule has 0 spiro atoms. The summed E-state index contributed by atoms with van der Waals surface area (Å²) in [5.74, 6) is 0.412. The maximum Gasteiger partial charge on any atom is 0.186 e. The molecule has 1 aromatic carbocycles. The minimum atomic E-state index is -0.0978. The highest BCUT2D eigenvalue weighted by Crippen LogP contribution is 2.28. The van der Waals surface area contributed by atoms with Gasteiger partial charge in [0.1, 0.15) is 0 Å². The molecule has 0 fully saturated rings. The first kappa shape index (κ1) is 18.6. The smallest absolute Gasteiger partial charge is 0.186 e. The van der Waals surface area contributed by atoms with Crippen LogP contribution in [0.1, 0.15) is 85.3 Å². The van der Waals surface area contributed by atoms with Crippen molar-refractivity contribution in [2.75, 3.05) is 6.61 Å². The SMILES string of the molecule is CCCCCC(OCCC(C)C)c1ccc2c(c1)C(=O)C=CC2=O. The van der Waals surface area contributed by atoms with Crippen LogP contribution in [0.4, 0.5) is 0 Å². The second kappa shape index (κ2) is 8.93. The zero-order chi connectivity index (χ0) is 17.5. The van der Waals surface area contributed by atoms with Crippen LogP contribution in [0.3, 0.4) is 0 Å². The highest BCUT2D eigenvalue weighted by atomic mass is 16.5. The van der Waals surface area contributed by atoms with E-state index in [1.807, 2.05) is 12.1 Å². The van der Waals surface area contributed by atoms with Crippen molar-refractivity contribution in [1.29, 1.82) is 0 Å². The summed E-state index contributed by atoms with van der Waals surface area (Å²) in [7, 11) is 0.